The second kappa shape index (κ2) is 32.5. The maximum Gasteiger partial charge on any atom is 3.00 e. The van der Waals surface area contributed by atoms with Crippen LogP contribution in [-0.4, -0.2) is 45.3 Å². The number of furan rings is 1. The number of pyridine rings is 4. The van der Waals surface area contributed by atoms with Gasteiger partial charge in [-0.2, -0.15) is 35.2 Å². The van der Waals surface area contributed by atoms with Crippen LogP contribution in [0.15, 0.2) is 339 Å². The molecule has 1 radical (unpaired) electrons. The summed E-state index contributed by atoms with van der Waals surface area (Å²) in [6.45, 7) is 0. The quantitative estimate of drug-likeness (QED) is 0.0718. The van der Waals surface area contributed by atoms with Crippen LogP contribution in [0, 0.1) is 42.5 Å². The smallest absolute Gasteiger partial charge is 0.473 e. The summed E-state index contributed by atoms with van der Waals surface area (Å²) in [5.41, 5.74) is 23.2. The van der Waals surface area contributed by atoms with Gasteiger partial charge < -0.3 is 37.1 Å². The second-order valence-electron chi connectivity index (χ2n) is 28.8. The van der Waals surface area contributed by atoms with Crippen molar-refractivity contribution in [1.29, 1.82) is 0 Å². The van der Waals surface area contributed by atoms with E-state index in [1.54, 1.807) is 17.6 Å². The summed E-state index contributed by atoms with van der Waals surface area (Å²) in [6.07, 6.45) is 10.3. The largest absolute Gasteiger partial charge is 3.00 e. The number of thiophene rings is 1. The van der Waals surface area contributed by atoms with Gasteiger partial charge in [0.2, 0.25) is 0 Å². The van der Waals surface area contributed by atoms with E-state index in [0.717, 1.165) is 183 Å². The minimum absolute atomic E-state index is 0. The first-order valence-electron chi connectivity index (χ1n) is 38.3. The van der Waals surface area contributed by atoms with E-state index < -0.39 is 0 Å². The Balaban J connectivity index is 0.000000121. The van der Waals surface area contributed by atoms with Crippen LogP contribution in [0.2, 0.25) is 0 Å². The molecular weight excluding hydrogens is 2030 g/mol. The molecule has 23 rings (SSSR count). The van der Waals surface area contributed by atoms with Crippen molar-refractivity contribution in [2.24, 2.45) is 21.1 Å². The van der Waals surface area contributed by atoms with Crippen molar-refractivity contribution in [1.82, 2.24) is 38.2 Å². The Kier molecular flexibility index (Phi) is 21.1. The monoisotopic (exact) mass is 2100 g/mol. The number of fused-ring (bicyclic) bond motifs is 11. The van der Waals surface area contributed by atoms with Gasteiger partial charge in [0.1, 0.15) is 23.0 Å². The molecule has 0 N–H and O–H groups in total. The molecule has 119 heavy (non-hydrogen) atoms. The Morgan fingerprint density at radius 2 is 1.18 bits per heavy atom. The van der Waals surface area contributed by atoms with Crippen molar-refractivity contribution in [3.05, 3.63) is 377 Å². The van der Waals surface area contributed by atoms with Gasteiger partial charge in [-0.25, -0.2) is 21.3 Å². The van der Waals surface area contributed by atoms with Gasteiger partial charge in [-0.1, -0.05) is 135 Å². The van der Waals surface area contributed by atoms with Crippen LogP contribution in [0.25, 0.3) is 154 Å². The predicted molar refractivity (Wildman–Crippen MR) is 471 cm³/mol. The number of anilines is 8. The maximum atomic E-state index is 6.03. The van der Waals surface area contributed by atoms with Gasteiger partial charge in [-0.05, 0) is 106 Å². The van der Waals surface area contributed by atoms with Gasteiger partial charge in [0.05, 0.1) is 48.5 Å². The molecule has 0 unspecified atom stereocenters. The zero-order chi connectivity index (χ0) is 77.5. The van der Waals surface area contributed by atoms with Crippen molar-refractivity contribution < 1.29 is 76.1 Å². The molecule has 22 aromatic rings. The van der Waals surface area contributed by atoms with Crippen LogP contribution >= 0.6 is 11.3 Å². The van der Waals surface area contributed by atoms with Crippen LogP contribution in [-0.2, 0) is 88.3 Å². The van der Waals surface area contributed by atoms with Crippen molar-refractivity contribution in [3.63, 3.8) is 0 Å². The van der Waals surface area contributed by atoms with Crippen molar-refractivity contribution >= 4 is 143 Å². The first-order chi connectivity index (χ1) is 57.2. The zero-order valence-corrected chi connectivity index (χ0v) is 71.7. The molecule has 0 spiro atoms. The SMILES string of the molecule is CN1c2ccccc2N(c2[c-]c(-c3cn(C)c4c3[cH-]c[n+]4C)ccc2)c2nc3c(-c4[c-]cccc4)coc3cc21.Cn1cc(-c2[c-]cccc2)c2[c-]c3c(cc21)c1ccccc1n3-c1cccc(-n2ccc3ccc[c-]c32)n1.[Au+3].[Au+3].[Au].[c-]1ccccc1-c1cccc(N(c2ccccc2)c2[c-]c3c(-c4ccc5ccccc5n4)cccc3s2)n1. The number of aryl methyl sites for hydroxylation is 3. The van der Waals surface area contributed by atoms with Gasteiger partial charge in [-0.3, -0.25) is 14.9 Å². The number of hydrogen-bond acceptors (Lipinski definition) is 9. The molecule has 12 heterocycles. The maximum absolute atomic E-state index is 6.03. The third-order valence-corrected chi connectivity index (χ3v) is 22.8. The van der Waals surface area contributed by atoms with E-state index in [0.29, 0.717) is 0 Å². The minimum Gasteiger partial charge on any atom is -0.473 e. The number of benzene rings is 11. The summed E-state index contributed by atoms with van der Waals surface area (Å²) >= 11 is 1.70. The summed E-state index contributed by atoms with van der Waals surface area (Å²) < 4.78 is 18.0. The van der Waals surface area contributed by atoms with Gasteiger partial charge in [0.15, 0.2) is 11.5 Å². The normalized spacial score (nSPS) is 11.6. The Morgan fingerprint density at radius 1 is 0.479 bits per heavy atom. The van der Waals surface area contributed by atoms with Crippen LogP contribution in [0.3, 0.4) is 0 Å². The molecular formula is C102H67Au3N12OS-. The minimum atomic E-state index is 0. The number of nitrogens with zero attached hydrogens (tertiary/aromatic N) is 12. The van der Waals surface area contributed by atoms with E-state index in [2.05, 4.69) is 321 Å². The summed E-state index contributed by atoms with van der Waals surface area (Å²) in [6, 6.07) is 128. The fourth-order valence-corrected chi connectivity index (χ4v) is 17.3. The standard InChI is InChI=1S/C34H25N5O.C34H21N4.C34H21N3S.3Au/c1-36-17-16-25-26(20-37(2)34(25)36)23-12-9-13-24(18-23)39-29-15-8-7-14-28(29)38(3)30-19-31-32(35-33(30)39)27(21-40-31)22-10-5-4-6-11-22;1-36-22-28(23-10-3-2-4-11-23)27-21-32-26(20-31(27)36)25-13-6-8-15-30(25)38(32)34-17-9-16-33(35-34)37-19-18-24-12-5-7-14-29(24)37;1-3-11-24(12-4-1)30-18-10-20-33(36-30)37(26-14-5-2-6-15-26)34-23-28-27(16-9-19-32(28)38-34)31-22-21-25-13-7-8-17-29(25)35-31;;;/h4-10,12-17,19-21H,1-3H3;2-10,12-13,15-20,22H,1H3;1-11,13-22H;;;/q-2;-3;-2;;2*+3. The van der Waals surface area contributed by atoms with E-state index in [9.17, 15) is 0 Å². The van der Waals surface area contributed by atoms with Crippen molar-refractivity contribution in [2.45, 2.75) is 0 Å². The Hall–Kier alpha value is -12.9. The molecule has 11 aromatic heterocycles. The van der Waals surface area contributed by atoms with Crippen molar-refractivity contribution in [2.75, 3.05) is 21.7 Å². The van der Waals surface area contributed by atoms with Crippen LogP contribution in [0.5, 0.6) is 0 Å². The van der Waals surface area contributed by atoms with Gasteiger partial charge >= 0.3 is 44.8 Å². The molecule has 0 aliphatic carbocycles. The molecule has 17 heteroatoms. The average Bonchev–Trinajstić information content (AvgIpc) is 1.71. The number of para-hydroxylation sites is 6. The molecule has 1 aliphatic rings. The van der Waals surface area contributed by atoms with Gasteiger partial charge in [-0.15, -0.1) is 185 Å². The fourth-order valence-electron chi connectivity index (χ4n) is 16.3. The molecule has 581 valence electrons. The first kappa shape index (κ1) is 77.3. The van der Waals surface area contributed by atoms with E-state index >= 15 is 0 Å². The molecule has 0 fully saturated rings. The Labute approximate surface area is 738 Å². The number of hydrogen-bond donors (Lipinski definition) is 0. The third kappa shape index (κ3) is 13.9. The zero-order valence-electron chi connectivity index (χ0n) is 64.3. The summed E-state index contributed by atoms with van der Waals surface area (Å²) in [7, 11) is 8.34. The molecule has 0 bridgehead atoms. The molecule has 0 amide bonds. The molecule has 0 saturated heterocycles. The summed E-state index contributed by atoms with van der Waals surface area (Å²) in [4.78, 5) is 27.0. The first-order valence-corrected chi connectivity index (χ1v) is 39.1. The Morgan fingerprint density at radius 3 is 2.00 bits per heavy atom. The van der Waals surface area contributed by atoms with Crippen LogP contribution in [0.4, 0.5) is 45.1 Å². The molecule has 0 saturated carbocycles. The molecule has 0 atom stereocenters. The number of aromatic nitrogens is 9. The summed E-state index contributed by atoms with van der Waals surface area (Å²) in [5.74, 6) is 3.37. The summed E-state index contributed by atoms with van der Waals surface area (Å²) in [5, 5.41) is 8.93. The third-order valence-electron chi connectivity index (χ3n) is 21.7. The Bertz CT molecular complexity index is 7510. The van der Waals surface area contributed by atoms with Gasteiger partial charge in [0.25, 0.3) is 0 Å². The molecule has 11 aromatic carbocycles. The van der Waals surface area contributed by atoms with Crippen LogP contribution in [0.1, 0.15) is 0 Å². The second-order valence-corrected chi connectivity index (χ2v) is 29.8. The van der Waals surface area contributed by atoms with E-state index in [1.165, 1.54) is 16.4 Å². The molecule has 1 aliphatic heterocycles. The molecule has 13 nitrogen and oxygen atoms in total. The number of rotatable bonds is 11. The fraction of sp³-hybridized carbons (Fsp3) is 0.0392. The van der Waals surface area contributed by atoms with E-state index in [1.807, 2.05) is 115 Å². The van der Waals surface area contributed by atoms with E-state index in [-0.39, 0.29) is 67.1 Å². The predicted octanol–water partition coefficient (Wildman–Crippen LogP) is 24.3. The van der Waals surface area contributed by atoms with Gasteiger partial charge in [0, 0.05) is 82.2 Å². The van der Waals surface area contributed by atoms with E-state index in [4.69, 9.17) is 24.4 Å². The average molecular weight is 2100 g/mol. The van der Waals surface area contributed by atoms with Crippen LogP contribution < -0.4 is 19.3 Å². The van der Waals surface area contributed by atoms with Crippen molar-refractivity contribution in [3.8, 4) is 67.5 Å². The topological polar surface area (TPSA) is 98.0 Å².